The Morgan fingerprint density at radius 2 is 1.55 bits per heavy atom. The van der Waals surface area contributed by atoms with Gasteiger partial charge in [-0.3, -0.25) is 0 Å². The van der Waals surface area contributed by atoms with E-state index in [0.29, 0.717) is 5.41 Å². The van der Waals surface area contributed by atoms with Crippen molar-refractivity contribution in [2.75, 3.05) is 19.8 Å². The first-order chi connectivity index (χ1) is 9.51. The van der Waals surface area contributed by atoms with Crippen LogP contribution < -0.4 is 0 Å². The Hall–Kier alpha value is -1.02. The third-order valence-electron chi connectivity index (χ3n) is 2.36. The summed E-state index contributed by atoms with van der Waals surface area (Å²) < 4.78 is 10.5. The molecule has 120 valence electrons. The Kier molecular flexibility index (Phi) is 21.6. The van der Waals surface area contributed by atoms with Gasteiger partial charge in [-0.1, -0.05) is 72.9 Å². The highest BCUT2D eigenvalue weighted by Gasteiger charge is 2.37. The highest BCUT2D eigenvalue weighted by atomic mass is 16.5. The first kappa shape index (κ1) is 24.0. The molecular formula is C18H36O2. The van der Waals surface area contributed by atoms with E-state index in [9.17, 15) is 0 Å². The van der Waals surface area contributed by atoms with Crippen LogP contribution >= 0.6 is 0 Å². The van der Waals surface area contributed by atoms with Crippen molar-refractivity contribution >= 4 is 0 Å². The van der Waals surface area contributed by atoms with E-state index in [1.807, 2.05) is 20.8 Å². The zero-order chi connectivity index (χ0) is 16.4. The van der Waals surface area contributed by atoms with Gasteiger partial charge in [0.1, 0.15) is 0 Å². The predicted molar refractivity (Wildman–Crippen MR) is 92.0 cm³/mol. The zero-order valence-corrected chi connectivity index (χ0v) is 14.6. The van der Waals surface area contributed by atoms with Gasteiger partial charge in [0.05, 0.1) is 31.0 Å². The van der Waals surface area contributed by atoms with Crippen molar-refractivity contribution in [2.45, 2.75) is 54.4 Å². The van der Waals surface area contributed by atoms with Crippen LogP contribution in [-0.2, 0) is 9.47 Å². The Morgan fingerprint density at radius 3 is 1.70 bits per heavy atom. The Morgan fingerprint density at radius 1 is 1.15 bits per heavy atom. The fourth-order valence-electron chi connectivity index (χ4n) is 1.06. The summed E-state index contributed by atoms with van der Waals surface area (Å²) in [6.07, 6.45) is 5.65. The molecular weight excluding hydrogens is 248 g/mol. The minimum absolute atomic E-state index is 0.291. The standard InChI is InChI=1S/C9H16O2.C4H6.C3H8.C2H6/c1-4-9(5-10-6-9)7-11-8(2)3;1-3-4-2;1-3-2;1-2/h2,4-7H2,1,3H3;3-4H,1-2H2;3H2,1-2H3;1-2H3. The fraction of sp³-hybridized carbons (Fsp3) is 0.667. The third kappa shape index (κ3) is 15.0. The van der Waals surface area contributed by atoms with Crippen molar-refractivity contribution in [3.63, 3.8) is 0 Å². The molecule has 0 unspecified atom stereocenters. The molecule has 0 N–H and O–H groups in total. The number of hydrogen-bond donors (Lipinski definition) is 0. The van der Waals surface area contributed by atoms with E-state index >= 15 is 0 Å². The maximum atomic E-state index is 5.37. The molecule has 0 saturated carbocycles. The monoisotopic (exact) mass is 284 g/mol. The lowest BCUT2D eigenvalue weighted by Gasteiger charge is -2.40. The molecule has 0 bridgehead atoms. The number of allylic oxidation sites excluding steroid dienone is 3. The Balaban J connectivity index is -0.000000269. The summed E-state index contributed by atoms with van der Waals surface area (Å²) in [5.41, 5.74) is 0.291. The number of hydrogen-bond acceptors (Lipinski definition) is 2. The van der Waals surface area contributed by atoms with Crippen LogP contribution in [-0.4, -0.2) is 19.8 Å². The van der Waals surface area contributed by atoms with E-state index in [1.165, 1.54) is 6.42 Å². The lowest BCUT2D eigenvalue weighted by atomic mass is 9.84. The summed E-state index contributed by atoms with van der Waals surface area (Å²) in [7, 11) is 0. The van der Waals surface area contributed by atoms with Gasteiger partial charge in [-0.2, -0.15) is 0 Å². The Bertz CT molecular complexity index is 216. The smallest absolute Gasteiger partial charge is 0.0977 e. The summed E-state index contributed by atoms with van der Waals surface area (Å²) in [6.45, 7) is 25.2. The van der Waals surface area contributed by atoms with Crippen LogP contribution in [0.5, 0.6) is 0 Å². The van der Waals surface area contributed by atoms with Crippen molar-refractivity contribution in [2.24, 2.45) is 5.41 Å². The molecule has 1 rings (SSSR count). The molecule has 0 amide bonds. The van der Waals surface area contributed by atoms with Gasteiger partial charge >= 0.3 is 0 Å². The first-order valence-electron chi connectivity index (χ1n) is 7.61. The van der Waals surface area contributed by atoms with Gasteiger partial charge in [0.2, 0.25) is 0 Å². The first-order valence-corrected chi connectivity index (χ1v) is 7.61. The van der Waals surface area contributed by atoms with Gasteiger partial charge in [-0.15, -0.1) is 0 Å². The minimum Gasteiger partial charge on any atom is -0.498 e. The van der Waals surface area contributed by atoms with Gasteiger partial charge in [0.25, 0.3) is 0 Å². The average molecular weight is 284 g/mol. The highest BCUT2D eigenvalue weighted by Crippen LogP contribution is 2.31. The Labute approximate surface area is 127 Å². The molecule has 0 aromatic rings. The number of rotatable bonds is 5. The molecule has 0 aliphatic carbocycles. The topological polar surface area (TPSA) is 18.5 Å². The molecule has 0 aromatic carbocycles. The molecule has 1 heterocycles. The van der Waals surface area contributed by atoms with Crippen LogP contribution in [0, 0.1) is 5.41 Å². The highest BCUT2D eigenvalue weighted by molar-refractivity contribution is 4.88. The predicted octanol–water partition coefficient (Wildman–Crippen LogP) is 5.76. The normalized spacial score (nSPS) is 13.5. The summed E-state index contributed by atoms with van der Waals surface area (Å²) in [5, 5.41) is 0. The zero-order valence-electron chi connectivity index (χ0n) is 14.6. The molecule has 1 aliphatic heterocycles. The summed E-state index contributed by atoms with van der Waals surface area (Å²) in [6, 6.07) is 0. The van der Waals surface area contributed by atoms with Crippen LogP contribution in [0.1, 0.15) is 54.4 Å². The van der Waals surface area contributed by atoms with Gasteiger partial charge in [0.15, 0.2) is 0 Å². The lowest BCUT2D eigenvalue weighted by molar-refractivity contribution is -0.142. The largest absolute Gasteiger partial charge is 0.498 e. The fourth-order valence-corrected chi connectivity index (χ4v) is 1.06. The van der Waals surface area contributed by atoms with Gasteiger partial charge in [0, 0.05) is 0 Å². The van der Waals surface area contributed by atoms with E-state index in [4.69, 9.17) is 9.47 Å². The molecule has 1 saturated heterocycles. The van der Waals surface area contributed by atoms with Crippen molar-refractivity contribution in [1.82, 2.24) is 0 Å². The molecule has 2 heteroatoms. The van der Waals surface area contributed by atoms with Gasteiger partial charge < -0.3 is 9.47 Å². The molecule has 0 spiro atoms. The van der Waals surface area contributed by atoms with E-state index in [2.05, 4.69) is 40.5 Å². The van der Waals surface area contributed by atoms with Crippen LogP contribution in [0.15, 0.2) is 37.6 Å². The van der Waals surface area contributed by atoms with Crippen LogP contribution in [0.4, 0.5) is 0 Å². The quantitative estimate of drug-likeness (QED) is 0.471. The molecule has 0 radical (unpaired) electrons. The molecule has 1 aliphatic rings. The van der Waals surface area contributed by atoms with Crippen LogP contribution in [0.25, 0.3) is 0 Å². The second-order valence-electron chi connectivity index (χ2n) is 4.52. The van der Waals surface area contributed by atoms with E-state index < -0.39 is 0 Å². The van der Waals surface area contributed by atoms with Crippen molar-refractivity contribution in [3.8, 4) is 0 Å². The number of ether oxygens (including phenoxy) is 2. The van der Waals surface area contributed by atoms with E-state index in [-0.39, 0.29) is 0 Å². The van der Waals surface area contributed by atoms with Crippen molar-refractivity contribution < 1.29 is 9.47 Å². The average Bonchev–Trinajstić information content (AvgIpc) is 2.41. The second-order valence-corrected chi connectivity index (χ2v) is 4.52. The molecule has 0 aromatic heterocycles. The molecule has 20 heavy (non-hydrogen) atoms. The SMILES string of the molecule is C=C(C)OCC1(CC)COC1.C=CC=C.CC.CCC. The van der Waals surface area contributed by atoms with Crippen LogP contribution in [0.3, 0.4) is 0 Å². The van der Waals surface area contributed by atoms with Gasteiger partial charge in [-0.25, -0.2) is 0 Å². The summed E-state index contributed by atoms with van der Waals surface area (Å²) >= 11 is 0. The summed E-state index contributed by atoms with van der Waals surface area (Å²) in [4.78, 5) is 0. The maximum absolute atomic E-state index is 5.37. The van der Waals surface area contributed by atoms with Gasteiger partial charge in [-0.05, 0) is 13.3 Å². The lowest BCUT2D eigenvalue weighted by Crippen LogP contribution is -2.45. The van der Waals surface area contributed by atoms with Crippen molar-refractivity contribution in [1.29, 1.82) is 0 Å². The maximum Gasteiger partial charge on any atom is 0.0977 e. The van der Waals surface area contributed by atoms with Crippen LogP contribution in [0.2, 0.25) is 0 Å². The second kappa shape index (κ2) is 18.0. The third-order valence-corrected chi connectivity index (χ3v) is 2.36. The minimum atomic E-state index is 0.291. The van der Waals surface area contributed by atoms with E-state index in [0.717, 1.165) is 32.0 Å². The summed E-state index contributed by atoms with van der Waals surface area (Å²) in [5.74, 6) is 0.796. The van der Waals surface area contributed by atoms with E-state index in [1.54, 1.807) is 12.2 Å². The van der Waals surface area contributed by atoms with Crippen molar-refractivity contribution in [3.05, 3.63) is 37.6 Å². The molecule has 1 fully saturated rings. The molecule has 2 nitrogen and oxygen atoms in total. The molecule has 0 atom stereocenters.